The van der Waals surface area contributed by atoms with Gasteiger partial charge in [-0.1, -0.05) is 20.8 Å². The first-order valence-electron chi connectivity index (χ1n) is 4.33. The van der Waals surface area contributed by atoms with E-state index in [9.17, 15) is 9.90 Å². The van der Waals surface area contributed by atoms with Crippen molar-refractivity contribution in [2.45, 2.75) is 39.7 Å². The molecular weight excluding hydrogens is 156 g/mol. The van der Waals surface area contributed by atoms with Gasteiger partial charge in [-0.3, -0.25) is 4.79 Å². The molecule has 3 nitrogen and oxygen atoms in total. The van der Waals surface area contributed by atoms with Crippen molar-refractivity contribution in [3.05, 3.63) is 0 Å². The van der Waals surface area contributed by atoms with Gasteiger partial charge in [0.05, 0.1) is 12.5 Å². The largest absolute Gasteiger partial charge is 0.481 e. The van der Waals surface area contributed by atoms with Crippen molar-refractivity contribution in [2.24, 2.45) is 11.8 Å². The van der Waals surface area contributed by atoms with Crippen LogP contribution < -0.4 is 0 Å². The number of carbonyl (C=O) groups is 1. The molecule has 0 aliphatic carbocycles. The summed E-state index contributed by atoms with van der Waals surface area (Å²) in [6.07, 6.45) is 0.0207. The summed E-state index contributed by atoms with van der Waals surface area (Å²) >= 11 is 0. The second-order valence-corrected chi connectivity index (χ2v) is 3.77. The maximum atomic E-state index is 10.2. The Morgan fingerprint density at radius 3 is 2.17 bits per heavy atom. The first-order valence-corrected chi connectivity index (χ1v) is 4.33. The summed E-state index contributed by atoms with van der Waals surface area (Å²) in [6, 6.07) is 0. The molecule has 2 atom stereocenters. The predicted molar refractivity (Wildman–Crippen MR) is 46.9 cm³/mol. The van der Waals surface area contributed by atoms with Gasteiger partial charge in [-0.15, -0.1) is 0 Å². The Morgan fingerprint density at radius 2 is 1.83 bits per heavy atom. The van der Waals surface area contributed by atoms with E-state index in [0.717, 1.165) is 6.42 Å². The molecule has 0 rings (SSSR count). The molecule has 0 aromatic rings. The lowest BCUT2D eigenvalue weighted by molar-refractivity contribution is -0.140. The van der Waals surface area contributed by atoms with Crippen LogP contribution in [0.2, 0.25) is 0 Å². The van der Waals surface area contributed by atoms with E-state index < -0.39 is 12.1 Å². The molecule has 3 heteroatoms. The second kappa shape index (κ2) is 5.14. The van der Waals surface area contributed by atoms with Crippen LogP contribution in [0.5, 0.6) is 0 Å². The maximum absolute atomic E-state index is 10.2. The van der Waals surface area contributed by atoms with Crippen molar-refractivity contribution in [2.75, 3.05) is 0 Å². The lowest BCUT2D eigenvalue weighted by atomic mass is 9.92. The molecule has 0 aliphatic heterocycles. The Kier molecular flexibility index (Phi) is 4.90. The fraction of sp³-hybridized carbons (Fsp3) is 0.889. The van der Waals surface area contributed by atoms with Crippen LogP contribution in [0.15, 0.2) is 0 Å². The lowest BCUT2D eigenvalue weighted by Crippen LogP contribution is -2.22. The van der Waals surface area contributed by atoms with E-state index in [4.69, 9.17) is 5.11 Å². The third-order valence-electron chi connectivity index (χ3n) is 1.88. The van der Waals surface area contributed by atoms with Crippen LogP contribution in [0.1, 0.15) is 33.6 Å². The monoisotopic (exact) mass is 174 g/mol. The average Bonchev–Trinajstić information content (AvgIpc) is 1.84. The molecule has 0 saturated heterocycles. The van der Waals surface area contributed by atoms with Gasteiger partial charge < -0.3 is 10.2 Å². The van der Waals surface area contributed by atoms with Gasteiger partial charge in [0.1, 0.15) is 0 Å². The third kappa shape index (κ3) is 5.13. The van der Waals surface area contributed by atoms with E-state index in [1.165, 1.54) is 0 Å². The van der Waals surface area contributed by atoms with Gasteiger partial charge in [0, 0.05) is 0 Å². The molecule has 0 aliphatic rings. The summed E-state index contributed by atoms with van der Waals surface area (Å²) in [5.74, 6) is -0.359. The molecule has 72 valence electrons. The van der Waals surface area contributed by atoms with E-state index in [-0.39, 0.29) is 12.3 Å². The first kappa shape index (κ1) is 11.4. The summed E-state index contributed by atoms with van der Waals surface area (Å²) in [5.41, 5.74) is 0. The van der Waals surface area contributed by atoms with Gasteiger partial charge in [0.2, 0.25) is 0 Å². The van der Waals surface area contributed by atoms with E-state index >= 15 is 0 Å². The zero-order valence-electron chi connectivity index (χ0n) is 7.95. The molecule has 0 radical (unpaired) electrons. The fourth-order valence-corrected chi connectivity index (χ4v) is 1.28. The van der Waals surface area contributed by atoms with Gasteiger partial charge in [-0.25, -0.2) is 0 Å². The second-order valence-electron chi connectivity index (χ2n) is 3.77. The molecule has 2 unspecified atom stereocenters. The van der Waals surface area contributed by atoms with Gasteiger partial charge in [0.15, 0.2) is 0 Å². The van der Waals surface area contributed by atoms with Crippen molar-refractivity contribution in [3.8, 4) is 0 Å². The van der Waals surface area contributed by atoms with Crippen molar-refractivity contribution >= 4 is 5.97 Å². The quantitative estimate of drug-likeness (QED) is 0.664. The number of hydrogen-bond acceptors (Lipinski definition) is 2. The zero-order chi connectivity index (χ0) is 9.72. The van der Waals surface area contributed by atoms with E-state index in [0.29, 0.717) is 5.92 Å². The van der Waals surface area contributed by atoms with Gasteiger partial charge in [0.25, 0.3) is 0 Å². The Hall–Kier alpha value is -0.570. The van der Waals surface area contributed by atoms with Crippen LogP contribution in [0.3, 0.4) is 0 Å². The van der Waals surface area contributed by atoms with Gasteiger partial charge in [-0.2, -0.15) is 0 Å². The van der Waals surface area contributed by atoms with Crippen LogP contribution in [0.4, 0.5) is 0 Å². The molecule has 0 saturated carbocycles. The normalized spacial score (nSPS) is 16.1. The Balaban J connectivity index is 3.76. The number of aliphatic carboxylic acids is 1. The minimum Gasteiger partial charge on any atom is -0.481 e. The molecule has 12 heavy (non-hydrogen) atoms. The first-order chi connectivity index (χ1) is 5.43. The summed E-state index contributed by atoms with van der Waals surface area (Å²) in [7, 11) is 0. The molecule has 0 aromatic heterocycles. The predicted octanol–water partition coefficient (Wildman–Crippen LogP) is 1.50. The molecule has 0 fully saturated rings. The van der Waals surface area contributed by atoms with Crippen LogP contribution in [0, 0.1) is 11.8 Å². The van der Waals surface area contributed by atoms with Crippen molar-refractivity contribution in [3.63, 3.8) is 0 Å². The van der Waals surface area contributed by atoms with Crippen LogP contribution >= 0.6 is 0 Å². The van der Waals surface area contributed by atoms with Crippen molar-refractivity contribution in [1.29, 1.82) is 0 Å². The summed E-state index contributed by atoms with van der Waals surface area (Å²) in [5, 5.41) is 17.8. The smallest absolute Gasteiger partial charge is 0.305 e. The molecular formula is C9H18O3. The molecule has 2 N–H and O–H groups in total. The summed E-state index contributed by atoms with van der Waals surface area (Å²) < 4.78 is 0. The molecule has 0 spiro atoms. The average molecular weight is 174 g/mol. The standard InChI is InChI=1S/C9H18O3/c1-6(2)4-7(3)8(10)5-9(11)12/h6-8,10H,4-5H2,1-3H3,(H,11,12). The highest BCUT2D eigenvalue weighted by Crippen LogP contribution is 2.16. The van der Waals surface area contributed by atoms with Gasteiger partial charge >= 0.3 is 5.97 Å². The lowest BCUT2D eigenvalue weighted by Gasteiger charge is -2.18. The van der Waals surface area contributed by atoms with Crippen LogP contribution in [0.25, 0.3) is 0 Å². The topological polar surface area (TPSA) is 57.5 Å². The number of carboxylic acids is 1. The van der Waals surface area contributed by atoms with E-state index in [2.05, 4.69) is 13.8 Å². The fourth-order valence-electron chi connectivity index (χ4n) is 1.28. The molecule has 0 bridgehead atoms. The van der Waals surface area contributed by atoms with Crippen LogP contribution in [-0.2, 0) is 4.79 Å². The maximum Gasteiger partial charge on any atom is 0.305 e. The Labute approximate surface area is 73.4 Å². The molecule has 0 heterocycles. The third-order valence-corrected chi connectivity index (χ3v) is 1.88. The minimum absolute atomic E-state index is 0.0705. The van der Waals surface area contributed by atoms with E-state index in [1.807, 2.05) is 6.92 Å². The van der Waals surface area contributed by atoms with E-state index in [1.54, 1.807) is 0 Å². The van der Waals surface area contributed by atoms with Crippen molar-refractivity contribution in [1.82, 2.24) is 0 Å². The summed E-state index contributed by atoms with van der Waals surface area (Å²) in [6.45, 7) is 6.00. The Morgan fingerprint density at radius 1 is 1.33 bits per heavy atom. The number of carboxylic acid groups (broad SMARTS) is 1. The van der Waals surface area contributed by atoms with Crippen LogP contribution in [-0.4, -0.2) is 22.3 Å². The zero-order valence-corrected chi connectivity index (χ0v) is 7.95. The van der Waals surface area contributed by atoms with Crippen molar-refractivity contribution < 1.29 is 15.0 Å². The molecule has 0 aromatic carbocycles. The number of rotatable bonds is 5. The molecule has 0 amide bonds. The number of aliphatic hydroxyl groups is 1. The Bertz CT molecular complexity index is 143. The minimum atomic E-state index is -0.932. The highest BCUT2D eigenvalue weighted by Gasteiger charge is 2.18. The summed E-state index contributed by atoms with van der Waals surface area (Å²) in [4.78, 5) is 10.2. The number of aliphatic hydroxyl groups excluding tert-OH is 1. The SMILES string of the molecule is CC(C)CC(C)C(O)CC(=O)O. The highest BCUT2D eigenvalue weighted by molar-refractivity contribution is 5.67. The highest BCUT2D eigenvalue weighted by atomic mass is 16.4. The van der Waals surface area contributed by atoms with Gasteiger partial charge in [-0.05, 0) is 18.3 Å². The number of hydrogen-bond donors (Lipinski definition) is 2.